The van der Waals surface area contributed by atoms with Gasteiger partial charge in [-0.15, -0.1) is 12.4 Å². The Labute approximate surface area is 162 Å². The molecule has 1 atom stereocenters. The van der Waals surface area contributed by atoms with E-state index in [9.17, 15) is 0 Å². The third-order valence-electron chi connectivity index (χ3n) is 4.50. The largest absolute Gasteiger partial charge is 0.493 e. The van der Waals surface area contributed by atoms with Gasteiger partial charge in [-0.3, -0.25) is 9.88 Å². The smallest absolute Gasteiger partial charge is 0.161 e. The number of hydrogen-bond acceptors (Lipinski definition) is 5. The summed E-state index contributed by atoms with van der Waals surface area (Å²) in [6.45, 7) is 6.65. The number of aromatic nitrogens is 1. The number of methoxy groups -OCH3 is 1. The molecular weight excluding hydrogens is 350 g/mol. The van der Waals surface area contributed by atoms with Crippen LogP contribution in [0.1, 0.15) is 30.5 Å². The van der Waals surface area contributed by atoms with Crippen molar-refractivity contribution in [2.45, 2.75) is 25.9 Å². The van der Waals surface area contributed by atoms with Crippen LogP contribution in [0.4, 0.5) is 0 Å². The van der Waals surface area contributed by atoms with E-state index < -0.39 is 0 Å². The molecular formula is C20H28ClN3O2. The van der Waals surface area contributed by atoms with E-state index in [1.165, 1.54) is 11.1 Å². The minimum absolute atomic E-state index is 0. The Morgan fingerprint density at radius 3 is 2.88 bits per heavy atom. The van der Waals surface area contributed by atoms with Gasteiger partial charge < -0.3 is 14.8 Å². The van der Waals surface area contributed by atoms with Crippen LogP contribution in [0.25, 0.3) is 0 Å². The van der Waals surface area contributed by atoms with Crippen molar-refractivity contribution in [2.75, 3.05) is 33.4 Å². The molecule has 1 aromatic heterocycles. The summed E-state index contributed by atoms with van der Waals surface area (Å²) in [4.78, 5) is 6.77. The number of halogens is 1. The lowest BCUT2D eigenvalue weighted by Gasteiger charge is -2.36. The van der Waals surface area contributed by atoms with E-state index in [2.05, 4.69) is 40.3 Å². The first-order valence-corrected chi connectivity index (χ1v) is 8.96. The number of ether oxygens (including phenoxy) is 2. The molecule has 1 aliphatic rings. The van der Waals surface area contributed by atoms with Crippen molar-refractivity contribution >= 4 is 12.4 Å². The number of rotatable bonds is 7. The van der Waals surface area contributed by atoms with Crippen LogP contribution >= 0.6 is 12.4 Å². The van der Waals surface area contributed by atoms with Gasteiger partial charge in [0.2, 0.25) is 0 Å². The fourth-order valence-corrected chi connectivity index (χ4v) is 3.21. The number of pyridine rings is 1. The van der Waals surface area contributed by atoms with Gasteiger partial charge in [0.25, 0.3) is 0 Å². The van der Waals surface area contributed by atoms with Crippen molar-refractivity contribution in [3.63, 3.8) is 0 Å². The Morgan fingerprint density at radius 2 is 2.15 bits per heavy atom. The molecule has 0 aliphatic carbocycles. The van der Waals surface area contributed by atoms with Crippen molar-refractivity contribution in [1.29, 1.82) is 0 Å². The molecule has 0 bridgehead atoms. The Balaban J connectivity index is 0.00000243. The molecule has 1 N–H and O–H groups in total. The van der Waals surface area contributed by atoms with Crippen molar-refractivity contribution < 1.29 is 9.47 Å². The summed E-state index contributed by atoms with van der Waals surface area (Å²) in [5.74, 6) is 1.62. The molecule has 2 aromatic rings. The molecule has 26 heavy (non-hydrogen) atoms. The van der Waals surface area contributed by atoms with Crippen LogP contribution < -0.4 is 14.8 Å². The number of hydrogen-bond donors (Lipinski definition) is 1. The van der Waals surface area contributed by atoms with Gasteiger partial charge >= 0.3 is 0 Å². The van der Waals surface area contributed by atoms with Crippen molar-refractivity contribution in [1.82, 2.24) is 15.2 Å². The molecule has 0 radical (unpaired) electrons. The summed E-state index contributed by atoms with van der Waals surface area (Å²) < 4.78 is 11.3. The summed E-state index contributed by atoms with van der Waals surface area (Å²) in [7, 11) is 1.70. The zero-order chi connectivity index (χ0) is 17.5. The van der Waals surface area contributed by atoms with E-state index in [1.54, 1.807) is 7.11 Å². The fourth-order valence-electron chi connectivity index (χ4n) is 3.21. The average Bonchev–Trinajstić information content (AvgIpc) is 2.68. The molecule has 0 saturated carbocycles. The van der Waals surface area contributed by atoms with Crippen LogP contribution in [0.3, 0.4) is 0 Å². The van der Waals surface area contributed by atoms with E-state index in [0.717, 1.165) is 44.1 Å². The summed E-state index contributed by atoms with van der Waals surface area (Å²) >= 11 is 0. The van der Waals surface area contributed by atoms with Gasteiger partial charge in [-0.05, 0) is 35.7 Å². The van der Waals surface area contributed by atoms with Gasteiger partial charge in [0.15, 0.2) is 11.5 Å². The van der Waals surface area contributed by atoms with E-state index in [0.29, 0.717) is 12.6 Å². The van der Waals surface area contributed by atoms with Gasteiger partial charge in [-0.1, -0.05) is 19.1 Å². The lowest BCUT2D eigenvalue weighted by molar-refractivity contribution is 0.153. The molecule has 142 valence electrons. The molecule has 3 rings (SSSR count). The van der Waals surface area contributed by atoms with Crippen LogP contribution in [0.2, 0.25) is 0 Å². The highest BCUT2D eigenvalue weighted by atomic mass is 35.5. The van der Waals surface area contributed by atoms with Gasteiger partial charge in [0, 0.05) is 44.6 Å². The maximum absolute atomic E-state index is 5.76. The third kappa shape index (κ3) is 5.10. The molecule has 5 nitrogen and oxygen atoms in total. The molecule has 1 saturated heterocycles. The molecule has 1 fully saturated rings. The van der Waals surface area contributed by atoms with E-state index >= 15 is 0 Å². The average molecular weight is 378 g/mol. The maximum Gasteiger partial charge on any atom is 0.161 e. The van der Waals surface area contributed by atoms with Gasteiger partial charge in [-0.2, -0.15) is 0 Å². The van der Waals surface area contributed by atoms with Gasteiger partial charge in [-0.25, -0.2) is 0 Å². The number of piperazine rings is 1. The molecule has 1 aliphatic heterocycles. The Morgan fingerprint density at radius 1 is 1.27 bits per heavy atom. The van der Waals surface area contributed by atoms with Crippen LogP contribution in [-0.4, -0.2) is 43.2 Å². The number of nitrogens with zero attached hydrogens (tertiary/aromatic N) is 2. The first-order chi connectivity index (χ1) is 12.3. The summed E-state index contributed by atoms with van der Waals surface area (Å²) in [6, 6.07) is 10.7. The molecule has 6 heteroatoms. The number of nitrogens with one attached hydrogen (secondary N) is 1. The first kappa shape index (κ1) is 20.5. The fraction of sp³-hybridized carbons (Fsp3) is 0.450. The van der Waals surface area contributed by atoms with E-state index in [-0.39, 0.29) is 12.4 Å². The van der Waals surface area contributed by atoms with Crippen molar-refractivity contribution in [3.05, 3.63) is 53.9 Å². The Bertz CT molecular complexity index is 669. The van der Waals surface area contributed by atoms with Crippen LogP contribution in [0.5, 0.6) is 11.5 Å². The van der Waals surface area contributed by atoms with Gasteiger partial charge in [0.1, 0.15) is 0 Å². The van der Waals surface area contributed by atoms with Crippen LogP contribution in [0, 0.1) is 0 Å². The normalized spacial score (nSPS) is 17.4. The van der Waals surface area contributed by atoms with Crippen molar-refractivity contribution in [2.24, 2.45) is 0 Å². The van der Waals surface area contributed by atoms with Crippen LogP contribution in [-0.2, 0) is 6.54 Å². The minimum Gasteiger partial charge on any atom is -0.493 e. The van der Waals surface area contributed by atoms with Crippen LogP contribution in [0.15, 0.2) is 42.7 Å². The summed E-state index contributed by atoms with van der Waals surface area (Å²) in [5, 5.41) is 3.49. The van der Waals surface area contributed by atoms with Gasteiger partial charge in [0.05, 0.1) is 13.7 Å². The number of benzene rings is 1. The molecule has 0 spiro atoms. The zero-order valence-corrected chi connectivity index (χ0v) is 16.3. The monoisotopic (exact) mass is 377 g/mol. The highest BCUT2D eigenvalue weighted by molar-refractivity contribution is 5.85. The quantitative estimate of drug-likeness (QED) is 0.800. The maximum atomic E-state index is 5.76. The summed E-state index contributed by atoms with van der Waals surface area (Å²) in [6.07, 6.45) is 4.77. The molecule has 1 aromatic carbocycles. The van der Waals surface area contributed by atoms with Crippen molar-refractivity contribution in [3.8, 4) is 11.5 Å². The lowest BCUT2D eigenvalue weighted by Crippen LogP contribution is -2.45. The molecule has 1 unspecified atom stereocenters. The molecule has 0 amide bonds. The zero-order valence-electron chi connectivity index (χ0n) is 15.5. The van der Waals surface area contributed by atoms with E-state index in [4.69, 9.17) is 9.47 Å². The Hall–Kier alpha value is -1.82. The SMILES string of the molecule is CCCOc1ccc(CN2CCNCC2c2cccnc2)cc1OC.Cl. The standard InChI is InChI=1S/C20H27N3O2.ClH/c1-3-11-25-19-7-6-16(12-20(19)24-2)15-23-10-9-22-14-18(23)17-5-4-8-21-13-17;/h4-8,12-13,18,22H,3,9-11,14-15H2,1-2H3;1H. The first-order valence-electron chi connectivity index (χ1n) is 8.96. The molecule has 2 heterocycles. The topological polar surface area (TPSA) is 46.6 Å². The third-order valence-corrected chi connectivity index (χ3v) is 4.50. The predicted molar refractivity (Wildman–Crippen MR) is 106 cm³/mol. The highest BCUT2D eigenvalue weighted by Crippen LogP contribution is 2.30. The highest BCUT2D eigenvalue weighted by Gasteiger charge is 2.24. The van der Waals surface area contributed by atoms with E-state index in [1.807, 2.05) is 24.5 Å². The predicted octanol–water partition coefficient (Wildman–Crippen LogP) is 3.45. The lowest BCUT2D eigenvalue weighted by atomic mass is 10.0. The minimum atomic E-state index is 0. The second-order valence-electron chi connectivity index (χ2n) is 6.31. The Kier molecular flexibility index (Phi) is 8.16. The second kappa shape index (κ2) is 10.4. The second-order valence-corrected chi connectivity index (χ2v) is 6.31. The summed E-state index contributed by atoms with van der Waals surface area (Å²) in [5.41, 5.74) is 2.49.